The zero-order valence-corrected chi connectivity index (χ0v) is 15.6. The summed E-state index contributed by atoms with van der Waals surface area (Å²) in [6.07, 6.45) is -1.73. The smallest absolute Gasteiger partial charge is 0.368 e. The minimum absolute atomic E-state index is 0.0823. The predicted octanol–water partition coefficient (Wildman–Crippen LogP) is 3.69. The van der Waals surface area contributed by atoms with Gasteiger partial charge in [0, 0.05) is 31.3 Å². The van der Waals surface area contributed by atoms with Crippen molar-refractivity contribution in [1.29, 1.82) is 0 Å². The quantitative estimate of drug-likeness (QED) is 0.790. The van der Waals surface area contributed by atoms with Crippen LogP contribution in [0.2, 0.25) is 0 Å². The fourth-order valence-corrected chi connectivity index (χ4v) is 4.08. The molecule has 2 aliphatic rings. The number of ether oxygens (including phenoxy) is 1. The molecule has 2 fully saturated rings. The molecule has 0 aliphatic carbocycles. The van der Waals surface area contributed by atoms with Crippen molar-refractivity contribution in [2.45, 2.75) is 57.2 Å². The molecule has 0 spiro atoms. The molecule has 6 nitrogen and oxygen atoms in total. The summed E-state index contributed by atoms with van der Waals surface area (Å²) in [7, 11) is 0. The van der Waals surface area contributed by atoms with Crippen LogP contribution in [0.5, 0.6) is 0 Å². The van der Waals surface area contributed by atoms with Crippen LogP contribution < -0.4 is 0 Å². The molecule has 4 heterocycles. The normalized spacial score (nSPS) is 23.5. The third-order valence-corrected chi connectivity index (χ3v) is 5.52. The van der Waals surface area contributed by atoms with E-state index < -0.39 is 17.8 Å². The Morgan fingerprint density at radius 1 is 1.32 bits per heavy atom. The minimum Gasteiger partial charge on any atom is -0.368 e. The summed E-state index contributed by atoms with van der Waals surface area (Å²) in [6, 6.07) is 1.07. The van der Waals surface area contributed by atoms with Gasteiger partial charge in [-0.15, -0.1) is 0 Å². The van der Waals surface area contributed by atoms with E-state index in [2.05, 4.69) is 10.1 Å². The first-order valence-electron chi connectivity index (χ1n) is 9.65. The number of halogens is 3. The molecule has 2 atom stereocenters. The van der Waals surface area contributed by atoms with E-state index in [0.717, 1.165) is 12.5 Å². The number of pyridine rings is 1. The van der Waals surface area contributed by atoms with Gasteiger partial charge in [0.2, 0.25) is 0 Å². The van der Waals surface area contributed by atoms with Crippen molar-refractivity contribution in [3.8, 4) is 0 Å². The van der Waals surface area contributed by atoms with Crippen LogP contribution in [0.3, 0.4) is 0 Å². The minimum atomic E-state index is -4.53. The molecule has 0 aromatic carbocycles. The predicted molar refractivity (Wildman–Crippen MR) is 93.7 cm³/mol. The summed E-state index contributed by atoms with van der Waals surface area (Å²) < 4.78 is 51.7. The number of nitrogens with zero attached hydrogens (tertiary/aromatic N) is 3. The van der Waals surface area contributed by atoms with E-state index in [0.29, 0.717) is 51.1 Å². The monoisotopic (exact) mass is 397 g/mol. The number of carbonyl (C=O) groups is 1. The van der Waals surface area contributed by atoms with Crippen LogP contribution in [0.15, 0.2) is 10.6 Å². The molecule has 1 amide bonds. The van der Waals surface area contributed by atoms with E-state index >= 15 is 0 Å². The fraction of sp³-hybridized carbons (Fsp3) is 0.632. The van der Waals surface area contributed by atoms with Crippen LogP contribution in [0, 0.1) is 0 Å². The highest BCUT2D eigenvalue weighted by atomic mass is 19.4. The number of piperidine rings is 1. The highest BCUT2D eigenvalue weighted by Gasteiger charge is 2.39. The van der Waals surface area contributed by atoms with Crippen molar-refractivity contribution >= 4 is 17.0 Å². The molecule has 2 aliphatic heterocycles. The van der Waals surface area contributed by atoms with Crippen molar-refractivity contribution in [1.82, 2.24) is 15.0 Å². The summed E-state index contributed by atoms with van der Waals surface area (Å²) >= 11 is 0. The lowest BCUT2D eigenvalue weighted by atomic mass is 9.91. The van der Waals surface area contributed by atoms with E-state index in [1.807, 2.05) is 0 Å². The zero-order valence-electron chi connectivity index (χ0n) is 15.6. The van der Waals surface area contributed by atoms with Gasteiger partial charge in [0.15, 0.2) is 0 Å². The summed E-state index contributed by atoms with van der Waals surface area (Å²) in [5, 5.41) is 3.87. The van der Waals surface area contributed by atoms with Gasteiger partial charge in [-0.2, -0.15) is 13.2 Å². The molecular formula is C19H22F3N3O3. The average molecular weight is 397 g/mol. The second kappa shape index (κ2) is 7.35. The van der Waals surface area contributed by atoms with Crippen molar-refractivity contribution in [2.24, 2.45) is 0 Å². The average Bonchev–Trinajstić information content (AvgIpc) is 3.35. The summed E-state index contributed by atoms with van der Waals surface area (Å²) in [6.45, 7) is 3.20. The Morgan fingerprint density at radius 3 is 2.82 bits per heavy atom. The van der Waals surface area contributed by atoms with Gasteiger partial charge < -0.3 is 14.2 Å². The Morgan fingerprint density at radius 2 is 2.14 bits per heavy atom. The van der Waals surface area contributed by atoms with Crippen molar-refractivity contribution in [3.05, 3.63) is 23.0 Å². The van der Waals surface area contributed by atoms with E-state index in [1.54, 1.807) is 11.8 Å². The lowest BCUT2D eigenvalue weighted by Crippen LogP contribution is -2.44. The summed E-state index contributed by atoms with van der Waals surface area (Å²) in [4.78, 5) is 18.5. The maximum Gasteiger partial charge on any atom is 0.417 e. The third-order valence-electron chi connectivity index (χ3n) is 5.52. The Balaban J connectivity index is 1.67. The molecule has 0 bridgehead atoms. The molecule has 4 rings (SSSR count). The molecule has 0 unspecified atom stereocenters. The number of hydrogen-bond donors (Lipinski definition) is 0. The van der Waals surface area contributed by atoms with Crippen LogP contribution in [0.1, 0.15) is 55.5 Å². The Labute approximate surface area is 160 Å². The Kier molecular flexibility index (Phi) is 5.03. The molecule has 0 N–H and O–H groups in total. The highest BCUT2D eigenvalue weighted by Crippen LogP contribution is 2.40. The first-order chi connectivity index (χ1) is 13.4. The first-order valence-corrected chi connectivity index (χ1v) is 9.65. The highest BCUT2D eigenvalue weighted by molar-refractivity contribution is 5.83. The van der Waals surface area contributed by atoms with Crippen LogP contribution in [0.25, 0.3) is 11.1 Å². The molecule has 0 radical (unpaired) electrons. The van der Waals surface area contributed by atoms with Crippen LogP contribution in [-0.2, 0) is 22.1 Å². The van der Waals surface area contributed by atoms with E-state index in [9.17, 15) is 18.0 Å². The third kappa shape index (κ3) is 3.47. The largest absolute Gasteiger partial charge is 0.417 e. The van der Waals surface area contributed by atoms with Crippen LogP contribution in [0.4, 0.5) is 13.2 Å². The molecule has 0 saturated carbocycles. The number of amides is 1. The number of alkyl halides is 3. The number of aryl methyl sites for hydroxylation is 1. The van der Waals surface area contributed by atoms with Crippen molar-refractivity contribution < 1.29 is 27.2 Å². The van der Waals surface area contributed by atoms with Gasteiger partial charge in [-0.3, -0.25) is 4.79 Å². The SMILES string of the molecule is CCc1cc(C(F)(F)F)c2c([C@H]3CCCN(C(=O)[C@@H]4CCCO4)C3)noc2n1. The van der Waals surface area contributed by atoms with Crippen LogP contribution >= 0.6 is 0 Å². The van der Waals surface area contributed by atoms with Gasteiger partial charge in [-0.1, -0.05) is 12.1 Å². The Bertz CT molecular complexity index is 874. The fourth-order valence-electron chi connectivity index (χ4n) is 4.08. The molecule has 2 aromatic rings. The first kappa shape index (κ1) is 19.2. The summed E-state index contributed by atoms with van der Waals surface area (Å²) in [5.74, 6) is -0.409. The zero-order chi connectivity index (χ0) is 19.9. The van der Waals surface area contributed by atoms with E-state index in [-0.39, 0.29) is 28.6 Å². The van der Waals surface area contributed by atoms with Gasteiger partial charge in [-0.05, 0) is 38.2 Å². The van der Waals surface area contributed by atoms with Crippen molar-refractivity contribution in [2.75, 3.05) is 19.7 Å². The number of aromatic nitrogens is 2. The number of hydrogen-bond acceptors (Lipinski definition) is 5. The molecule has 9 heteroatoms. The second-order valence-corrected chi connectivity index (χ2v) is 7.39. The molecule has 2 saturated heterocycles. The van der Waals surface area contributed by atoms with Gasteiger partial charge >= 0.3 is 6.18 Å². The number of rotatable bonds is 3. The number of likely N-dealkylation sites (tertiary alicyclic amines) is 1. The Hall–Kier alpha value is -2.16. The van der Waals surface area contributed by atoms with E-state index in [4.69, 9.17) is 9.26 Å². The van der Waals surface area contributed by atoms with Gasteiger partial charge in [0.05, 0.1) is 16.6 Å². The number of carbonyl (C=O) groups excluding carboxylic acids is 1. The maximum atomic E-state index is 13.7. The van der Waals surface area contributed by atoms with Crippen molar-refractivity contribution in [3.63, 3.8) is 0 Å². The van der Waals surface area contributed by atoms with Gasteiger partial charge in [-0.25, -0.2) is 4.98 Å². The van der Waals surface area contributed by atoms with Gasteiger partial charge in [0.25, 0.3) is 11.6 Å². The second-order valence-electron chi connectivity index (χ2n) is 7.39. The molecule has 152 valence electrons. The lowest BCUT2D eigenvalue weighted by molar-refractivity contribution is -0.142. The van der Waals surface area contributed by atoms with Crippen LogP contribution in [-0.4, -0.2) is 46.7 Å². The maximum absolute atomic E-state index is 13.7. The molecule has 2 aromatic heterocycles. The van der Waals surface area contributed by atoms with E-state index in [1.165, 1.54) is 0 Å². The standard InChI is InChI=1S/C19H22F3N3O3/c1-2-12-9-13(19(20,21)22)15-16(24-28-17(15)23-12)11-5-3-7-25(10-11)18(26)14-6-4-8-27-14/h9,11,14H,2-8,10H2,1H3/t11-,14-/m0/s1. The van der Waals surface area contributed by atoms with Gasteiger partial charge in [0.1, 0.15) is 6.10 Å². The number of fused-ring (bicyclic) bond motifs is 1. The lowest BCUT2D eigenvalue weighted by Gasteiger charge is -2.33. The molecule has 28 heavy (non-hydrogen) atoms. The topological polar surface area (TPSA) is 68.5 Å². The summed E-state index contributed by atoms with van der Waals surface area (Å²) in [5.41, 5.74) is -0.318. The molecular weight excluding hydrogens is 375 g/mol.